The minimum atomic E-state index is -0.0814. The van der Waals surface area contributed by atoms with E-state index in [9.17, 15) is 4.79 Å². The fourth-order valence-corrected chi connectivity index (χ4v) is 3.13. The molecule has 3 rings (SSSR count). The Morgan fingerprint density at radius 1 is 1.11 bits per heavy atom. The van der Waals surface area contributed by atoms with E-state index in [1.807, 2.05) is 60.1 Å². The van der Waals surface area contributed by atoms with Gasteiger partial charge in [-0.3, -0.25) is 4.79 Å². The van der Waals surface area contributed by atoms with E-state index in [2.05, 4.69) is 29.4 Å². The average molecular weight is 382 g/mol. The highest BCUT2D eigenvalue weighted by molar-refractivity contribution is 7.99. The van der Waals surface area contributed by atoms with Crippen molar-refractivity contribution in [3.05, 3.63) is 65.5 Å². The average Bonchev–Trinajstić information content (AvgIpc) is 3.01. The van der Waals surface area contributed by atoms with E-state index in [4.69, 9.17) is 4.74 Å². The van der Waals surface area contributed by atoms with Gasteiger partial charge in [0.05, 0.1) is 5.75 Å². The second-order valence-corrected chi connectivity index (χ2v) is 7.14. The molecule has 0 unspecified atom stereocenters. The molecule has 0 spiro atoms. The Morgan fingerprint density at radius 2 is 1.89 bits per heavy atom. The highest BCUT2D eigenvalue weighted by Crippen LogP contribution is 2.19. The van der Waals surface area contributed by atoms with Crippen molar-refractivity contribution < 1.29 is 9.53 Å². The highest BCUT2D eigenvalue weighted by Gasteiger charge is 2.12. The normalized spacial score (nSPS) is 10.6. The Hall–Kier alpha value is -2.80. The number of aryl methyl sites for hydroxylation is 2. The first-order valence-corrected chi connectivity index (χ1v) is 9.57. The van der Waals surface area contributed by atoms with E-state index in [0.717, 1.165) is 11.4 Å². The Bertz CT molecular complexity index is 925. The second-order valence-electron chi connectivity index (χ2n) is 6.20. The topological polar surface area (TPSA) is 69.0 Å². The zero-order valence-corrected chi connectivity index (χ0v) is 16.4. The van der Waals surface area contributed by atoms with Crippen LogP contribution in [0.25, 0.3) is 0 Å². The van der Waals surface area contributed by atoms with Crippen LogP contribution in [0.1, 0.15) is 17.0 Å². The number of aromatic nitrogens is 3. The number of hydrogen-bond acceptors (Lipinski definition) is 5. The predicted octanol–water partition coefficient (Wildman–Crippen LogP) is 3.74. The number of nitrogens with zero attached hydrogens (tertiary/aromatic N) is 3. The third kappa shape index (κ3) is 5.10. The molecule has 0 atom stereocenters. The number of hydrogen-bond donors (Lipinski definition) is 1. The van der Waals surface area contributed by atoms with Crippen molar-refractivity contribution in [1.29, 1.82) is 0 Å². The molecule has 6 nitrogen and oxygen atoms in total. The summed E-state index contributed by atoms with van der Waals surface area (Å²) >= 11 is 1.34. The number of anilines is 1. The van der Waals surface area contributed by atoms with Gasteiger partial charge in [-0.05, 0) is 49.2 Å². The van der Waals surface area contributed by atoms with Crippen LogP contribution in [-0.4, -0.2) is 26.4 Å². The zero-order valence-electron chi connectivity index (χ0n) is 15.6. The fraction of sp³-hybridized carbons (Fsp3) is 0.250. The molecular formula is C20H22N4O2S. The Kier molecular flexibility index (Phi) is 6.13. The van der Waals surface area contributed by atoms with Gasteiger partial charge in [-0.25, -0.2) is 0 Å². The van der Waals surface area contributed by atoms with Crippen LogP contribution in [0.2, 0.25) is 0 Å². The smallest absolute Gasteiger partial charge is 0.234 e. The van der Waals surface area contributed by atoms with Crippen molar-refractivity contribution >= 4 is 23.4 Å². The Morgan fingerprint density at radius 3 is 2.63 bits per heavy atom. The summed E-state index contributed by atoms with van der Waals surface area (Å²) in [5.74, 6) is 1.69. The van der Waals surface area contributed by atoms with Crippen LogP contribution in [0.15, 0.2) is 53.7 Å². The molecule has 140 valence electrons. The third-order valence-electron chi connectivity index (χ3n) is 4.16. The van der Waals surface area contributed by atoms with Crippen LogP contribution >= 0.6 is 11.8 Å². The lowest BCUT2D eigenvalue weighted by molar-refractivity contribution is -0.113. The molecule has 0 saturated carbocycles. The number of benzene rings is 2. The zero-order chi connectivity index (χ0) is 19.2. The molecule has 0 aliphatic carbocycles. The van der Waals surface area contributed by atoms with E-state index in [1.165, 1.54) is 22.9 Å². The van der Waals surface area contributed by atoms with Crippen molar-refractivity contribution in [2.45, 2.75) is 25.6 Å². The van der Waals surface area contributed by atoms with Crippen LogP contribution in [0, 0.1) is 13.8 Å². The van der Waals surface area contributed by atoms with Crippen LogP contribution in [0.4, 0.5) is 5.69 Å². The minimum absolute atomic E-state index is 0.0814. The molecule has 0 aliphatic rings. The molecule has 0 saturated heterocycles. The molecule has 27 heavy (non-hydrogen) atoms. The summed E-state index contributed by atoms with van der Waals surface area (Å²) in [6.07, 6.45) is 0. The summed E-state index contributed by atoms with van der Waals surface area (Å²) in [6.45, 7) is 4.45. The molecule has 0 fully saturated rings. The van der Waals surface area contributed by atoms with Gasteiger partial charge in [0.25, 0.3) is 0 Å². The molecule has 1 N–H and O–H groups in total. The number of rotatable bonds is 7. The van der Waals surface area contributed by atoms with Crippen molar-refractivity contribution in [2.75, 3.05) is 11.1 Å². The van der Waals surface area contributed by atoms with Crippen LogP contribution < -0.4 is 10.1 Å². The van der Waals surface area contributed by atoms with Gasteiger partial charge in [0.1, 0.15) is 12.4 Å². The molecule has 1 aromatic heterocycles. The molecule has 0 aliphatic heterocycles. The summed E-state index contributed by atoms with van der Waals surface area (Å²) in [5.41, 5.74) is 3.20. The van der Waals surface area contributed by atoms with E-state index in [0.29, 0.717) is 17.6 Å². The van der Waals surface area contributed by atoms with Gasteiger partial charge in [-0.15, -0.1) is 10.2 Å². The lowest BCUT2D eigenvalue weighted by atomic mass is 10.1. The molecule has 1 heterocycles. The SMILES string of the molecule is Cc1ccc(OCc2nnc(SCC(=O)Nc3ccccc3)n2C)cc1C. The summed E-state index contributed by atoms with van der Waals surface area (Å²) in [5, 5.41) is 11.9. The van der Waals surface area contributed by atoms with E-state index < -0.39 is 0 Å². The monoisotopic (exact) mass is 382 g/mol. The van der Waals surface area contributed by atoms with Crippen LogP contribution in [0.5, 0.6) is 5.75 Å². The minimum Gasteiger partial charge on any atom is -0.486 e. The van der Waals surface area contributed by atoms with Gasteiger partial charge in [-0.2, -0.15) is 0 Å². The first-order valence-electron chi connectivity index (χ1n) is 8.59. The second kappa shape index (κ2) is 8.73. The van der Waals surface area contributed by atoms with Gasteiger partial charge < -0.3 is 14.6 Å². The summed E-state index contributed by atoms with van der Waals surface area (Å²) in [7, 11) is 1.87. The number of nitrogens with one attached hydrogen (secondary N) is 1. The number of para-hydroxylation sites is 1. The predicted molar refractivity (Wildman–Crippen MR) is 107 cm³/mol. The van der Waals surface area contributed by atoms with Gasteiger partial charge in [-0.1, -0.05) is 36.0 Å². The third-order valence-corrected chi connectivity index (χ3v) is 5.18. The quantitative estimate of drug-likeness (QED) is 0.631. The van der Waals surface area contributed by atoms with Gasteiger partial charge >= 0.3 is 0 Å². The molecular weight excluding hydrogens is 360 g/mol. The molecule has 1 amide bonds. The van der Waals surface area contributed by atoms with Gasteiger partial charge in [0, 0.05) is 12.7 Å². The maximum atomic E-state index is 12.1. The van der Waals surface area contributed by atoms with Crippen LogP contribution in [-0.2, 0) is 18.4 Å². The van der Waals surface area contributed by atoms with E-state index in [1.54, 1.807) is 0 Å². The lowest BCUT2D eigenvalue weighted by Crippen LogP contribution is -2.14. The molecule has 2 aromatic carbocycles. The molecule has 7 heteroatoms. The number of amides is 1. The Balaban J connectivity index is 1.53. The molecule has 0 radical (unpaired) electrons. The molecule has 3 aromatic rings. The van der Waals surface area contributed by atoms with Crippen LogP contribution in [0.3, 0.4) is 0 Å². The van der Waals surface area contributed by atoms with E-state index >= 15 is 0 Å². The van der Waals surface area contributed by atoms with E-state index in [-0.39, 0.29) is 11.7 Å². The van der Waals surface area contributed by atoms with Gasteiger partial charge in [0.15, 0.2) is 11.0 Å². The number of ether oxygens (including phenoxy) is 1. The number of carbonyl (C=O) groups is 1. The lowest BCUT2D eigenvalue weighted by Gasteiger charge is -2.08. The van der Waals surface area contributed by atoms with Crippen molar-refractivity contribution in [3.63, 3.8) is 0 Å². The maximum Gasteiger partial charge on any atom is 0.234 e. The van der Waals surface area contributed by atoms with Crippen molar-refractivity contribution in [2.24, 2.45) is 7.05 Å². The number of thioether (sulfide) groups is 1. The largest absolute Gasteiger partial charge is 0.486 e. The van der Waals surface area contributed by atoms with Crippen molar-refractivity contribution in [1.82, 2.24) is 14.8 Å². The highest BCUT2D eigenvalue weighted by atomic mass is 32.2. The van der Waals surface area contributed by atoms with Crippen molar-refractivity contribution in [3.8, 4) is 5.75 Å². The number of carbonyl (C=O) groups excluding carboxylic acids is 1. The first kappa shape index (κ1) is 19.0. The summed E-state index contributed by atoms with van der Waals surface area (Å²) in [4.78, 5) is 12.1. The molecule has 0 bridgehead atoms. The standard InChI is InChI=1S/C20H22N4O2S/c1-14-9-10-17(11-15(14)2)26-12-18-22-23-20(24(18)3)27-13-19(25)21-16-7-5-4-6-8-16/h4-11H,12-13H2,1-3H3,(H,21,25). The van der Waals surface area contributed by atoms with Gasteiger partial charge in [0.2, 0.25) is 5.91 Å². The summed E-state index contributed by atoms with van der Waals surface area (Å²) in [6, 6.07) is 15.4. The summed E-state index contributed by atoms with van der Waals surface area (Å²) < 4.78 is 7.66. The Labute approximate surface area is 163 Å². The fourth-order valence-electron chi connectivity index (χ4n) is 2.40. The maximum absolute atomic E-state index is 12.1. The first-order chi connectivity index (χ1) is 13.0.